The van der Waals surface area contributed by atoms with Gasteiger partial charge in [0.2, 0.25) is 5.82 Å². The van der Waals surface area contributed by atoms with Crippen molar-refractivity contribution in [2.75, 3.05) is 20.1 Å². The average molecular weight is 347 g/mol. The summed E-state index contributed by atoms with van der Waals surface area (Å²) in [6.45, 7) is 4.40. The van der Waals surface area contributed by atoms with Crippen LogP contribution in [0.25, 0.3) is 11.4 Å². The molecule has 0 saturated carbocycles. The maximum absolute atomic E-state index is 4.31. The fraction of sp³-hybridized carbons (Fsp3) is 0.381. The Kier molecular flexibility index (Phi) is 4.32. The van der Waals surface area contributed by atoms with E-state index in [1.165, 1.54) is 21.5 Å². The average Bonchev–Trinajstić information content (AvgIpc) is 3.09. The molecule has 0 atom stereocenters. The summed E-state index contributed by atoms with van der Waals surface area (Å²) < 4.78 is 0. The third-order valence-electron chi connectivity index (χ3n) is 5.62. The van der Waals surface area contributed by atoms with Gasteiger partial charge in [0.05, 0.1) is 7.05 Å². The Morgan fingerprint density at radius 2 is 1.65 bits per heavy atom. The zero-order valence-corrected chi connectivity index (χ0v) is 15.7. The minimum atomic E-state index is 0.0762. The molecule has 26 heavy (non-hydrogen) atoms. The summed E-state index contributed by atoms with van der Waals surface area (Å²) in [7, 11) is 4.00. The smallest absolute Gasteiger partial charge is 0.204 e. The van der Waals surface area contributed by atoms with Crippen molar-refractivity contribution in [1.82, 2.24) is 25.1 Å². The van der Waals surface area contributed by atoms with Crippen LogP contribution in [-0.2, 0) is 12.5 Å². The van der Waals surface area contributed by atoms with Gasteiger partial charge in [-0.05, 0) is 56.2 Å². The molecule has 1 fully saturated rings. The van der Waals surface area contributed by atoms with Crippen molar-refractivity contribution in [3.8, 4) is 11.4 Å². The van der Waals surface area contributed by atoms with Crippen molar-refractivity contribution in [3.63, 3.8) is 0 Å². The van der Waals surface area contributed by atoms with Crippen molar-refractivity contribution in [2.24, 2.45) is 7.05 Å². The Bertz CT molecular complexity index is 889. The molecule has 0 aliphatic carbocycles. The molecule has 134 valence electrons. The number of tetrazole rings is 1. The Balaban J connectivity index is 1.74. The molecule has 2 heterocycles. The molecule has 4 rings (SSSR count). The summed E-state index contributed by atoms with van der Waals surface area (Å²) in [5.41, 5.74) is 5.21. The molecule has 1 saturated heterocycles. The third kappa shape index (κ3) is 3.03. The molecule has 0 bridgehead atoms. The van der Waals surface area contributed by atoms with Crippen molar-refractivity contribution >= 4 is 0 Å². The minimum Gasteiger partial charge on any atom is -0.306 e. The lowest BCUT2D eigenvalue weighted by atomic mass is 9.68. The molecule has 5 heteroatoms. The van der Waals surface area contributed by atoms with Gasteiger partial charge in [-0.1, -0.05) is 54.1 Å². The van der Waals surface area contributed by atoms with E-state index in [4.69, 9.17) is 0 Å². The Morgan fingerprint density at radius 3 is 2.27 bits per heavy atom. The number of piperidine rings is 1. The van der Waals surface area contributed by atoms with Crippen LogP contribution in [0, 0.1) is 6.92 Å². The number of likely N-dealkylation sites (tertiary alicyclic amines) is 1. The fourth-order valence-corrected chi connectivity index (χ4v) is 4.02. The lowest BCUT2D eigenvalue weighted by molar-refractivity contribution is 0.213. The number of rotatable bonds is 3. The first-order valence-electron chi connectivity index (χ1n) is 9.17. The largest absolute Gasteiger partial charge is 0.306 e. The molecule has 1 aliphatic rings. The molecule has 0 spiro atoms. The van der Waals surface area contributed by atoms with Crippen LogP contribution in [0.1, 0.15) is 29.5 Å². The Labute approximate surface area is 154 Å². The second-order valence-electron chi connectivity index (χ2n) is 7.43. The van der Waals surface area contributed by atoms with Crippen molar-refractivity contribution in [1.29, 1.82) is 0 Å². The number of nitrogens with zero attached hydrogens (tertiary/aromatic N) is 5. The van der Waals surface area contributed by atoms with Crippen molar-refractivity contribution < 1.29 is 0 Å². The zero-order chi connectivity index (χ0) is 18.1. The number of hydrogen-bond acceptors (Lipinski definition) is 4. The highest BCUT2D eigenvalue weighted by Crippen LogP contribution is 2.42. The minimum absolute atomic E-state index is 0.0762. The van der Waals surface area contributed by atoms with E-state index in [9.17, 15) is 0 Å². The lowest BCUT2D eigenvalue weighted by Crippen LogP contribution is -2.41. The third-order valence-corrected chi connectivity index (χ3v) is 5.62. The van der Waals surface area contributed by atoms with Crippen LogP contribution < -0.4 is 0 Å². The normalized spacial score (nSPS) is 17.3. The summed E-state index contributed by atoms with van der Waals surface area (Å²) in [5, 5.41) is 12.4. The summed E-state index contributed by atoms with van der Waals surface area (Å²) in [4.78, 5) is 3.92. The monoisotopic (exact) mass is 347 g/mol. The van der Waals surface area contributed by atoms with Gasteiger partial charge in [-0.25, -0.2) is 0 Å². The Hall–Kier alpha value is -2.53. The van der Waals surface area contributed by atoms with Gasteiger partial charge in [-0.15, -0.1) is 10.2 Å². The van der Waals surface area contributed by atoms with E-state index in [-0.39, 0.29) is 5.41 Å². The predicted octanol–water partition coefficient (Wildman–Crippen LogP) is 3.20. The molecule has 1 aliphatic heterocycles. The quantitative estimate of drug-likeness (QED) is 0.730. The summed E-state index contributed by atoms with van der Waals surface area (Å²) in [5.74, 6) is 0.673. The number of aryl methyl sites for hydroxylation is 2. The molecule has 1 aromatic heterocycles. The second-order valence-corrected chi connectivity index (χ2v) is 7.43. The number of aromatic nitrogens is 4. The van der Waals surface area contributed by atoms with Crippen molar-refractivity contribution in [3.05, 3.63) is 65.2 Å². The zero-order valence-electron chi connectivity index (χ0n) is 15.7. The van der Waals surface area contributed by atoms with Crippen LogP contribution in [0.5, 0.6) is 0 Å². The molecule has 0 unspecified atom stereocenters. The van der Waals surface area contributed by atoms with Gasteiger partial charge < -0.3 is 4.90 Å². The van der Waals surface area contributed by atoms with Gasteiger partial charge in [0.1, 0.15) is 0 Å². The standard InChI is InChI=1S/C21H25N5/c1-16-5-4-6-19(15-16)21(11-13-25(2)14-12-21)18-9-7-17(8-10-18)20-22-24-26(3)23-20/h4-10,15H,11-14H2,1-3H3. The highest BCUT2D eigenvalue weighted by molar-refractivity contribution is 5.56. The molecule has 0 radical (unpaired) electrons. The van der Waals surface area contributed by atoms with Gasteiger partial charge in [0.15, 0.2) is 0 Å². The van der Waals surface area contributed by atoms with E-state index in [2.05, 4.69) is 82.8 Å². The highest BCUT2D eigenvalue weighted by Gasteiger charge is 2.37. The van der Waals surface area contributed by atoms with Crippen LogP contribution in [0.4, 0.5) is 0 Å². The fourth-order valence-electron chi connectivity index (χ4n) is 4.02. The van der Waals surface area contributed by atoms with E-state index in [0.717, 1.165) is 31.5 Å². The van der Waals surface area contributed by atoms with Gasteiger partial charge >= 0.3 is 0 Å². The van der Waals surface area contributed by atoms with Gasteiger partial charge in [0, 0.05) is 11.0 Å². The molecular formula is C21H25N5. The topological polar surface area (TPSA) is 46.8 Å². The van der Waals surface area contributed by atoms with Crippen molar-refractivity contribution in [2.45, 2.75) is 25.2 Å². The van der Waals surface area contributed by atoms with Gasteiger partial charge in [0.25, 0.3) is 0 Å². The highest BCUT2D eigenvalue weighted by atomic mass is 15.6. The number of hydrogen-bond donors (Lipinski definition) is 0. The Morgan fingerprint density at radius 1 is 0.923 bits per heavy atom. The van der Waals surface area contributed by atoms with E-state index in [1.54, 1.807) is 7.05 Å². The maximum atomic E-state index is 4.31. The summed E-state index contributed by atoms with van der Waals surface area (Å²) in [6, 6.07) is 17.8. The SMILES string of the molecule is Cc1cccc(C2(c3ccc(-c4nnn(C)n4)cc3)CCN(C)CC2)c1. The summed E-state index contributed by atoms with van der Waals surface area (Å²) in [6.07, 6.45) is 2.27. The molecule has 2 aromatic carbocycles. The maximum Gasteiger partial charge on any atom is 0.204 e. The lowest BCUT2D eigenvalue weighted by Gasteiger charge is -2.42. The summed E-state index contributed by atoms with van der Waals surface area (Å²) >= 11 is 0. The van der Waals surface area contributed by atoms with Crippen LogP contribution in [0.3, 0.4) is 0 Å². The van der Waals surface area contributed by atoms with Crippen LogP contribution in [0.2, 0.25) is 0 Å². The van der Waals surface area contributed by atoms with E-state index < -0.39 is 0 Å². The van der Waals surface area contributed by atoms with E-state index >= 15 is 0 Å². The first-order valence-corrected chi connectivity index (χ1v) is 9.17. The van der Waals surface area contributed by atoms with E-state index in [0.29, 0.717) is 5.82 Å². The first-order chi connectivity index (χ1) is 12.6. The van der Waals surface area contributed by atoms with Crippen LogP contribution in [-0.4, -0.2) is 45.2 Å². The van der Waals surface area contributed by atoms with Gasteiger partial charge in [-0.2, -0.15) is 4.80 Å². The van der Waals surface area contributed by atoms with Gasteiger partial charge in [-0.3, -0.25) is 0 Å². The molecule has 5 nitrogen and oxygen atoms in total. The van der Waals surface area contributed by atoms with Crippen LogP contribution >= 0.6 is 0 Å². The molecule has 0 N–H and O–H groups in total. The molecule has 3 aromatic rings. The van der Waals surface area contributed by atoms with E-state index in [1.807, 2.05) is 0 Å². The van der Waals surface area contributed by atoms with Crippen LogP contribution in [0.15, 0.2) is 48.5 Å². The number of benzene rings is 2. The molecular weight excluding hydrogens is 322 g/mol. The predicted molar refractivity (Wildman–Crippen MR) is 103 cm³/mol. The molecule has 0 amide bonds. The first kappa shape index (κ1) is 16.9. The second kappa shape index (κ2) is 6.65.